The van der Waals surface area contributed by atoms with Crippen molar-refractivity contribution in [3.05, 3.63) is 70.3 Å². The van der Waals surface area contributed by atoms with Crippen LogP contribution in [0.2, 0.25) is 0 Å². The van der Waals surface area contributed by atoms with Gasteiger partial charge in [-0.2, -0.15) is 14.9 Å². The van der Waals surface area contributed by atoms with Crippen molar-refractivity contribution in [3.8, 4) is 28.7 Å². The molecule has 0 atom stereocenters. The predicted molar refractivity (Wildman–Crippen MR) is 118 cm³/mol. The molecular formula is C23H18N6O2. The number of aromatic nitrogens is 4. The lowest BCUT2D eigenvalue weighted by molar-refractivity contribution is 0.616. The maximum atomic E-state index is 13.4. The van der Waals surface area contributed by atoms with Crippen molar-refractivity contribution in [3.63, 3.8) is 0 Å². The molecule has 0 spiro atoms. The van der Waals surface area contributed by atoms with Gasteiger partial charge < -0.3 is 14.3 Å². The van der Waals surface area contributed by atoms with E-state index in [0.717, 1.165) is 11.3 Å². The zero-order valence-electron chi connectivity index (χ0n) is 17.2. The number of nitrogens with zero attached hydrogens (tertiary/aromatic N) is 5. The second-order valence-corrected chi connectivity index (χ2v) is 7.43. The molecule has 0 bridgehead atoms. The van der Waals surface area contributed by atoms with Gasteiger partial charge in [0.1, 0.15) is 22.8 Å². The van der Waals surface area contributed by atoms with Crippen LogP contribution in [0.1, 0.15) is 11.4 Å². The summed E-state index contributed by atoms with van der Waals surface area (Å²) in [4.78, 5) is 23.2. The lowest BCUT2D eigenvalue weighted by Gasteiger charge is -2.11. The number of oxazole rings is 1. The fraction of sp³-hybridized carbons (Fsp3) is 0.130. The maximum Gasteiger partial charge on any atom is 0.287 e. The van der Waals surface area contributed by atoms with Gasteiger partial charge in [0.25, 0.3) is 5.56 Å². The minimum atomic E-state index is -0.400. The van der Waals surface area contributed by atoms with Crippen molar-refractivity contribution in [2.75, 3.05) is 19.0 Å². The molecule has 31 heavy (non-hydrogen) atoms. The van der Waals surface area contributed by atoms with E-state index in [1.54, 1.807) is 6.92 Å². The topological polar surface area (TPSA) is 103 Å². The monoisotopic (exact) mass is 410 g/mol. The van der Waals surface area contributed by atoms with Gasteiger partial charge in [-0.05, 0) is 24.6 Å². The molecule has 0 aliphatic carbocycles. The first-order valence-corrected chi connectivity index (χ1v) is 9.68. The number of nitrogens with one attached hydrogen (secondary N) is 1. The summed E-state index contributed by atoms with van der Waals surface area (Å²) in [5, 5.41) is 13.9. The van der Waals surface area contributed by atoms with E-state index in [2.05, 4.69) is 21.1 Å². The average molecular weight is 410 g/mol. The molecule has 3 aromatic heterocycles. The highest BCUT2D eigenvalue weighted by Crippen LogP contribution is 2.31. The number of anilines is 1. The summed E-state index contributed by atoms with van der Waals surface area (Å²) in [6.45, 7) is 1.78. The largest absolute Gasteiger partial charge is 0.436 e. The van der Waals surface area contributed by atoms with Gasteiger partial charge in [-0.1, -0.05) is 36.4 Å². The Kier molecular flexibility index (Phi) is 4.12. The quantitative estimate of drug-likeness (QED) is 0.486. The number of H-pyrrole nitrogens is 1. The van der Waals surface area contributed by atoms with Crippen molar-refractivity contribution >= 4 is 22.4 Å². The van der Waals surface area contributed by atoms with Crippen molar-refractivity contribution in [1.82, 2.24) is 19.6 Å². The fourth-order valence-corrected chi connectivity index (χ4v) is 3.80. The third kappa shape index (κ3) is 2.79. The summed E-state index contributed by atoms with van der Waals surface area (Å²) in [7, 11) is 3.84. The molecule has 2 aromatic carbocycles. The molecule has 1 N–H and O–H groups in total. The van der Waals surface area contributed by atoms with Gasteiger partial charge in [-0.3, -0.25) is 4.79 Å². The number of hydrogen-bond acceptors (Lipinski definition) is 6. The van der Waals surface area contributed by atoms with Crippen LogP contribution in [0.15, 0.2) is 57.7 Å². The Bertz CT molecular complexity index is 1550. The van der Waals surface area contributed by atoms with Gasteiger partial charge in [0, 0.05) is 19.8 Å². The van der Waals surface area contributed by atoms with Gasteiger partial charge in [0.15, 0.2) is 11.3 Å². The number of fused-ring (bicyclic) bond motifs is 2. The highest BCUT2D eigenvalue weighted by Gasteiger charge is 2.23. The maximum absolute atomic E-state index is 13.4. The highest BCUT2D eigenvalue weighted by molar-refractivity contribution is 5.89. The van der Waals surface area contributed by atoms with Gasteiger partial charge >= 0.3 is 0 Å². The van der Waals surface area contributed by atoms with Crippen molar-refractivity contribution in [2.45, 2.75) is 6.92 Å². The SMILES string of the molecule is Cc1[nH]c2c(-c3ccccc3)c(C#N)nn2c(=O)c1-c1nc2c(N(C)C)cccc2o1. The van der Waals surface area contributed by atoms with E-state index in [1.807, 2.05) is 67.5 Å². The van der Waals surface area contributed by atoms with Crippen molar-refractivity contribution in [1.29, 1.82) is 5.26 Å². The Hall–Kier alpha value is -4.38. The first-order chi connectivity index (χ1) is 15.0. The van der Waals surface area contributed by atoms with Crippen LogP contribution >= 0.6 is 0 Å². The van der Waals surface area contributed by atoms with Crippen LogP contribution in [-0.4, -0.2) is 33.7 Å². The Morgan fingerprint density at radius 3 is 2.58 bits per heavy atom. The molecule has 8 heteroatoms. The lowest BCUT2D eigenvalue weighted by atomic mass is 10.1. The molecule has 0 amide bonds. The zero-order valence-corrected chi connectivity index (χ0v) is 17.2. The normalized spacial score (nSPS) is 11.2. The summed E-state index contributed by atoms with van der Waals surface area (Å²) in [5.74, 6) is 0.209. The van der Waals surface area contributed by atoms with Crippen LogP contribution in [0.5, 0.6) is 0 Å². The number of aryl methyl sites for hydroxylation is 1. The summed E-state index contributed by atoms with van der Waals surface area (Å²) < 4.78 is 7.15. The number of rotatable bonds is 3. The van der Waals surface area contributed by atoms with Crippen LogP contribution in [0.4, 0.5) is 5.69 Å². The minimum absolute atomic E-state index is 0.170. The molecule has 8 nitrogen and oxygen atoms in total. The molecule has 0 fully saturated rings. The van der Waals surface area contributed by atoms with E-state index >= 15 is 0 Å². The van der Waals surface area contributed by atoms with Gasteiger partial charge in [0.05, 0.1) is 11.3 Å². The zero-order chi connectivity index (χ0) is 21.7. The molecule has 0 saturated heterocycles. The molecule has 152 valence electrons. The molecule has 5 rings (SSSR count). The number of hydrogen-bond donors (Lipinski definition) is 1. The second kappa shape index (κ2) is 6.85. The van der Waals surface area contributed by atoms with Crippen LogP contribution in [0.3, 0.4) is 0 Å². The number of aromatic amines is 1. The molecular weight excluding hydrogens is 392 g/mol. The van der Waals surface area contributed by atoms with Gasteiger partial charge in [0.2, 0.25) is 5.89 Å². The van der Waals surface area contributed by atoms with E-state index in [4.69, 9.17) is 4.42 Å². The number of nitriles is 1. The Morgan fingerprint density at radius 1 is 1.10 bits per heavy atom. The second-order valence-electron chi connectivity index (χ2n) is 7.43. The Balaban J connectivity index is 1.79. The Labute approximate surface area is 177 Å². The van der Waals surface area contributed by atoms with E-state index in [1.165, 1.54) is 4.52 Å². The van der Waals surface area contributed by atoms with Crippen LogP contribution in [0, 0.1) is 18.3 Å². The molecule has 0 aliphatic heterocycles. The molecule has 0 radical (unpaired) electrons. The van der Waals surface area contributed by atoms with Crippen molar-refractivity contribution < 1.29 is 4.42 Å². The summed E-state index contributed by atoms with van der Waals surface area (Å²) >= 11 is 0. The van der Waals surface area contributed by atoms with Gasteiger partial charge in [-0.15, -0.1) is 0 Å². The minimum Gasteiger partial charge on any atom is -0.436 e. The third-order valence-corrected chi connectivity index (χ3v) is 5.23. The fourth-order valence-electron chi connectivity index (χ4n) is 3.80. The highest BCUT2D eigenvalue weighted by atomic mass is 16.3. The smallest absolute Gasteiger partial charge is 0.287 e. The van der Waals surface area contributed by atoms with Crippen molar-refractivity contribution in [2.24, 2.45) is 0 Å². The number of benzene rings is 2. The molecule has 5 aromatic rings. The molecule has 0 saturated carbocycles. The van der Waals surface area contributed by atoms with Crippen LogP contribution < -0.4 is 10.5 Å². The van der Waals surface area contributed by atoms with E-state index in [-0.39, 0.29) is 17.1 Å². The van der Waals surface area contributed by atoms with E-state index < -0.39 is 5.56 Å². The van der Waals surface area contributed by atoms with Crippen LogP contribution in [-0.2, 0) is 0 Å². The number of para-hydroxylation sites is 1. The first kappa shape index (κ1) is 18.6. The predicted octanol–water partition coefficient (Wildman–Crippen LogP) is 3.74. The summed E-state index contributed by atoms with van der Waals surface area (Å²) in [6.07, 6.45) is 0. The summed E-state index contributed by atoms with van der Waals surface area (Å²) in [5.41, 5.74) is 4.62. The first-order valence-electron chi connectivity index (χ1n) is 9.68. The van der Waals surface area contributed by atoms with E-state index in [0.29, 0.717) is 28.0 Å². The lowest BCUT2D eigenvalue weighted by Crippen LogP contribution is -2.19. The Morgan fingerprint density at radius 2 is 1.87 bits per heavy atom. The molecule has 3 heterocycles. The standard InChI is InChI=1S/C23H18N6O2/c1-13-18(22-26-20-16(28(2)3)10-7-11-17(20)31-22)23(30)29-21(25-13)19(15(12-24)27-29)14-8-5-4-6-9-14/h4-11,25H,1-3H3. The molecule has 0 unspecified atom stereocenters. The van der Waals surface area contributed by atoms with E-state index in [9.17, 15) is 10.1 Å². The van der Waals surface area contributed by atoms with Crippen LogP contribution in [0.25, 0.3) is 39.3 Å². The third-order valence-electron chi connectivity index (χ3n) is 5.23. The average Bonchev–Trinajstić information content (AvgIpc) is 3.35. The summed E-state index contributed by atoms with van der Waals surface area (Å²) in [6, 6.07) is 17.1. The molecule has 0 aliphatic rings. The van der Waals surface area contributed by atoms with Gasteiger partial charge in [-0.25, -0.2) is 4.98 Å².